The first kappa shape index (κ1) is 20.2. The molecule has 0 radical (unpaired) electrons. The molecule has 7 nitrogen and oxygen atoms in total. The molecule has 28 heavy (non-hydrogen) atoms. The number of anilines is 1. The van der Waals surface area contributed by atoms with Crippen molar-refractivity contribution in [2.45, 2.75) is 58.1 Å². The monoisotopic (exact) mass is 387 g/mol. The van der Waals surface area contributed by atoms with Crippen molar-refractivity contribution in [1.29, 1.82) is 0 Å². The molecule has 152 valence electrons. The van der Waals surface area contributed by atoms with Crippen LogP contribution in [0.5, 0.6) is 0 Å². The Morgan fingerprint density at radius 2 is 1.86 bits per heavy atom. The Morgan fingerprint density at radius 3 is 2.54 bits per heavy atom. The van der Waals surface area contributed by atoms with Crippen LogP contribution in [0.3, 0.4) is 0 Å². The smallest absolute Gasteiger partial charge is 0.408 e. The quantitative estimate of drug-likeness (QED) is 0.864. The Morgan fingerprint density at radius 1 is 1.18 bits per heavy atom. The van der Waals surface area contributed by atoms with Crippen LogP contribution in [-0.2, 0) is 20.7 Å². The molecule has 2 aliphatic rings. The van der Waals surface area contributed by atoms with Gasteiger partial charge < -0.3 is 15.0 Å². The Balaban J connectivity index is 1.80. The number of hydrogen-bond acceptors (Lipinski definition) is 4. The largest absolute Gasteiger partial charge is 0.436 e. The molecule has 1 fully saturated rings. The number of para-hydroxylation sites is 1. The van der Waals surface area contributed by atoms with Gasteiger partial charge in [0.15, 0.2) is 6.10 Å². The van der Waals surface area contributed by atoms with Crippen LogP contribution >= 0.6 is 0 Å². The van der Waals surface area contributed by atoms with Gasteiger partial charge in [0.2, 0.25) is 5.91 Å². The third-order valence-corrected chi connectivity index (χ3v) is 4.98. The van der Waals surface area contributed by atoms with Gasteiger partial charge in [-0.1, -0.05) is 18.2 Å². The highest BCUT2D eigenvalue weighted by atomic mass is 16.6. The van der Waals surface area contributed by atoms with Gasteiger partial charge in [-0.05, 0) is 58.1 Å². The van der Waals surface area contributed by atoms with Gasteiger partial charge in [-0.3, -0.25) is 14.5 Å². The number of carbonyl (C=O) groups is 3. The first-order valence-corrected chi connectivity index (χ1v) is 9.90. The second kappa shape index (κ2) is 8.20. The fourth-order valence-corrected chi connectivity index (χ4v) is 3.63. The number of hydrogen-bond donors (Lipinski definition) is 1. The fourth-order valence-electron chi connectivity index (χ4n) is 3.63. The predicted octanol–water partition coefficient (Wildman–Crippen LogP) is 2.48. The van der Waals surface area contributed by atoms with Crippen LogP contribution in [0.25, 0.3) is 0 Å². The number of benzene rings is 1. The normalized spacial score (nSPS) is 19.8. The van der Waals surface area contributed by atoms with Crippen molar-refractivity contribution in [1.82, 2.24) is 10.2 Å². The third-order valence-electron chi connectivity index (χ3n) is 4.98. The fraction of sp³-hybridized carbons (Fsp3) is 0.571. The number of nitrogens with one attached hydrogen (secondary N) is 1. The van der Waals surface area contributed by atoms with Crippen molar-refractivity contribution in [3.8, 4) is 0 Å². The van der Waals surface area contributed by atoms with Gasteiger partial charge in [0.1, 0.15) is 6.54 Å². The highest BCUT2D eigenvalue weighted by molar-refractivity contribution is 6.02. The summed E-state index contributed by atoms with van der Waals surface area (Å²) < 4.78 is 5.46. The van der Waals surface area contributed by atoms with E-state index in [2.05, 4.69) is 5.32 Å². The summed E-state index contributed by atoms with van der Waals surface area (Å²) in [6.45, 7) is 6.98. The van der Waals surface area contributed by atoms with Crippen LogP contribution in [0.2, 0.25) is 0 Å². The van der Waals surface area contributed by atoms with E-state index in [1.54, 1.807) is 4.90 Å². The average molecular weight is 387 g/mol. The van der Waals surface area contributed by atoms with Crippen LogP contribution in [-0.4, -0.2) is 54.1 Å². The summed E-state index contributed by atoms with van der Waals surface area (Å²) in [5, 5.41) is 2.72. The summed E-state index contributed by atoms with van der Waals surface area (Å²) in [6, 6.07) is 7.57. The molecule has 0 saturated carbocycles. The van der Waals surface area contributed by atoms with E-state index < -0.39 is 17.7 Å². The Labute approximate surface area is 166 Å². The molecule has 0 spiro atoms. The van der Waals surface area contributed by atoms with Gasteiger partial charge in [0.05, 0.1) is 0 Å². The topological polar surface area (TPSA) is 79.0 Å². The second-order valence-corrected chi connectivity index (χ2v) is 8.45. The van der Waals surface area contributed by atoms with E-state index in [1.807, 2.05) is 45.0 Å². The maximum atomic E-state index is 13.2. The van der Waals surface area contributed by atoms with Gasteiger partial charge in [-0.25, -0.2) is 4.79 Å². The number of rotatable bonds is 3. The minimum atomic E-state index is -0.916. The van der Waals surface area contributed by atoms with Gasteiger partial charge in [-0.15, -0.1) is 0 Å². The highest BCUT2D eigenvalue weighted by Gasteiger charge is 2.35. The lowest BCUT2D eigenvalue weighted by atomic mass is 10.1. The zero-order valence-electron chi connectivity index (χ0n) is 16.9. The van der Waals surface area contributed by atoms with Crippen LogP contribution in [0.15, 0.2) is 24.3 Å². The molecule has 0 aromatic heterocycles. The lowest BCUT2D eigenvalue weighted by Gasteiger charge is -2.28. The molecule has 2 heterocycles. The zero-order chi connectivity index (χ0) is 20.3. The Kier molecular flexibility index (Phi) is 5.91. The number of amides is 3. The van der Waals surface area contributed by atoms with Crippen molar-refractivity contribution in [3.05, 3.63) is 29.8 Å². The number of carbonyl (C=O) groups excluding carboxylic acids is 3. The maximum absolute atomic E-state index is 13.2. The lowest BCUT2D eigenvalue weighted by Crippen LogP contribution is -2.48. The van der Waals surface area contributed by atoms with Crippen LogP contribution in [0.4, 0.5) is 10.5 Å². The standard InChI is InChI=1S/C21H29N3O4/c1-21(2,3)22-20(27)28-17-11-10-15-8-4-5-9-16(15)24(19(17)26)14-18(25)23-12-6-7-13-23/h4-5,8-9,17H,6-7,10-14H2,1-3H3,(H,22,27). The van der Waals surface area contributed by atoms with E-state index in [4.69, 9.17) is 4.74 Å². The SMILES string of the molecule is CC(C)(C)NC(=O)OC1CCc2ccccc2N(CC(=O)N2CCCC2)C1=O. The van der Waals surface area contributed by atoms with Gasteiger partial charge >= 0.3 is 6.09 Å². The van der Waals surface area contributed by atoms with E-state index in [-0.39, 0.29) is 18.4 Å². The van der Waals surface area contributed by atoms with Crippen molar-refractivity contribution in [2.75, 3.05) is 24.5 Å². The molecule has 1 N–H and O–H groups in total. The van der Waals surface area contributed by atoms with Crippen LogP contribution in [0.1, 0.15) is 45.6 Å². The van der Waals surface area contributed by atoms with Crippen molar-refractivity contribution >= 4 is 23.6 Å². The van der Waals surface area contributed by atoms with Crippen LogP contribution in [0, 0.1) is 0 Å². The summed E-state index contributed by atoms with van der Waals surface area (Å²) in [5.74, 6) is -0.415. The minimum absolute atomic E-state index is 0.0312. The molecule has 1 unspecified atom stereocenters. The number of fused-ring (bicyclic) bond motifs is 1. The zero-order valence-corrected chi connectivity index (χ0v) is 16.9. The Hall–Kier alpha value is -2.57. The summed E-state index contributed by atoms with van der Waals surface area (Å²) >= 11 is 0. The molecule has 3 rings (SSSR count). The van der Waals surface area contributed by atoms with Crippen molar-refractivity contribution in [3.63, 3.8) is 0 Å². The van der Waals surface area contributed by atoms with Crippen molar-refractivity contribution in [2.24, 2.45) is 0 Å². The molecule has 7 heteroatoms. The molecular weight excluding hydrogens is 358 g/mol. The predicted molar refractivity (Wildman–Crippen MR) is 106 cm³/mol. The van der Waals surface area contributed by atoms with Gasteiger partial charge in [0, 0.05) is 24.3 Å². The number of ether oxygens (including phenoxy) is 1. The molecule has 0 bridgehead atoms. The molecule has 3 amide bonds. The van der Waals surface area contributed by atoms with Crippen molar-refractivity contribution < 1.29 is 19.1 Å². The first-order chi connectivity index (χ1) is 13.2. The Bertz CT molecular complexity index is 750. The third kappa shape index (κ3) is 4.82. The van der Waals surface area contributed by atoms with Crippen LogP contribution < -0.4 is 10.2 Å². The summed E-state index contributed by atoms with van der Waals surface area (Å²) in [5.41, 5.74) is 1.24. The molecule has 1 saturated heterocycles. The number of alkyl carbamates (subject to hydrolysis) is 1. The van der Waals surface area contributed by atoms with E-state index in [9.17, 15) is 14.4 Å². The average Bonchev–Trinajstić information content (AvgIpc) is 3.12. The first-order valence-electron chi connectivity index (χ1n) is 9.90. The second-order valence-electron chi connectivity index (χ2n) is 8.45. The molecule has 0 aliphatic carbocycles. The number of likely N-dealkylation sites (tertiary alicyclic amines) is 1. The number of aryl methyl sites for hydroxylation is 1. The number of nitrogens with zero attached hydrogens (tertiary/aromatic N) is 2. The minimum Gasteiger partial charge on any atom is -0.436 e. The highest BCUT2D eigenvalue weighted by Crippen LogP contribution is 2.28. The van der Waals surface area contributed by atoms with E-state index in [0.717, 1.165) is 37.2 Å². The lowest BCUT2D eigenvalue weighted by molar-refractivity contribution is -0.132. The van der Waals surface area contributed by atoms with Gasteiger partial charge in [0.25, 0.3) is 5.91 Å². The summed E-state index contributed by atoms with van der Waals surface area (Å²) in [4.78, 5) is 41.4. The van der Waals surface area contributed by atoms with E-state index in [1.165, 1.54) is 4.90 Å². The summed E-state index contributed by atoms with van der Waals surface area (Å²) in [7, 11) is 0. The van der Waals surface area contributed by atoms with E-state index >= 15 is 0 Å². The van der Waals surface area contributed by atoms with E-state index in [0.29, 0.717) is 12.8 Å². The molecule has 1 atom stereocenters. The van der Waals surface area contributed by atoms with Gasteiger partial charge in [-0.2, -0.15) is 0 Å². The maximum Gasteiger partial charge on any atom is 0.408 e. The molecule has 1 aromatic rings. The molecule has 2 aliphatic heterocycles. The molecule has 1 aromatic carbocycles. The summed E-state index contributed by atoms with van der Waals surface area (Å²) in [6.07, 6.45) is 1.44. The molecular formula is C21H29N3O4.